The number of ether oxygens (including phenoxy) is 1. The summed E-state index contributed by atoms with van der Waals surface area (Å²) >= 11 is 12.4. The Morgan fingerprint density at radius 3 is 2.18 bits per heavy atom. The summed E-state index contributed by atoms with van der Waals surface area (Å²) in [6.45, 7) is 0. The van der Waals surface area contributed by atoms with Crippen LogP contribution in [0.5, 0.6) is 11.5 Å². The molecule has 1 heterocycles. The molecule has 4 rings (SSSR count). The van der Waals surface area contributed by atoms with Gasteiger partial charge in [0.1, 0.15) is 11.5 Å². The zero-order valence-electron chi connectivity index (χ0n) is 11.5. The van der Waals surface area contributed by atoms with Crippen molar-refractivity contribution in [3.05, 3.63) is 76.8 Å². The van der Waals surface area contributed by atoms with E-state index < -0.39 is 7.92 Å². The summed E-state index contributed by atoms with van der Waals surface area (Å²) in [4.78, 5) is 0. The maximum Gasteiger partial charge on any atom is 0.137 e. The van der Waals surface area contributed by atoms with Gasteiger partial charge in [-0.3, -0.25) is 0 Å². The first kappa shape index (κ1) is 14.1. The lowest BCUT2D eigenvalue weighted by molar-refractivity contribution is 0.488. The van der Waals surface area contributed by atoms with Gasteiger partial charge < -0.3 is 4.74 Å². The van der Waals surface area contributed by atoms with E-state index in [1.54, 1.807) is 0 Å². The highest BCUT2D eigenvalue weighted by Gasteiger charge is 2.29. The van der Waals surface area contributed by atoms with Crippen molar-refractivity contribution in [2.24, 2.45) is 0 Å². The quantitative estimate of drug-likeness (QED) is 0.448. The van der Waals surface area contributed by atoms with Crippen molar-refractivity contribution in [3.63, 3.8) is 0 Å². The van der Waals surface area contributed by atoms with Crippen LogP contribution in [-0.2, 0) is 0 Å². The standard InChI is InChI=1S/C18H11Cl2OP/c19-13-10-16-18(11-14(13)20)22(12-6-2-1-3-7-12)17-9-5-4-8-15(17)21-16/h1-11H. The van der Waals surface area contributed by atoms with Crippen molar-refractivity contribution in [2.75, 3.05) is 0 Å². The van der Waals surface area contributed by atoms with Gasteiger partial charge in [-0.2, -0.15) is 0 Å². The maximum absolute atomic E-state index is 6.25. The number of halogens is 2. The number of para-hydroxylation sites is 1. The topological polar surface area (TPSA) is 9.23 Å². The Morgan fingerprint density at radius 1 is 0.682 bits per heavy atom. The van der Waals surface area contributed by atoms with E-state index in [2.05, 4.69) is 30.3 Å². The summed E-state index contributed by atoms with van der Waals surface area (Å²) in [5.41, 5.74) is 0. The Bertz CT molecular complexity index is 849. The molecule has 1 aliphatic heterocycles. The van der Waals surface area contributed by atoms with Crippen molar-refractivity contribution in [2.45, 2.75) is 0 Å². The van der Waals surface area contributed by atoms with E-state index in [1.165, 1.54) is 10.6 Å². The molecule has 0 radical (unpaired) electrons. The van der Waals surface area contributed by atoms with Gasteiger partial charge in [-0.25, -0.2) is 0 Å². The maximum atomic E-state index is 6.25. The number of rotatable bonds is 1. The predicted octanol–water partition coefficient (Wildman–Crippen LogP) is 4.86. The van der Waals surface area contributed by atoms with Crippen LogP contribution in [0.1, 0.15) is 0 Å². The summed E-state index contributed by atoms with van der Waals surface area (Å²) in [6.07, 6.45) is 0. The van der Waals surface area contributed by atoms with Crippen LogP contribution in [-0.4, -0.2) is 0 Å². The molecule has 3 aromatic rings. The van der Waals surface area contributed by atoms with Gasteiger partial charge in [-0.1, -0.05) is 71.7 Å². The van der Waals surface area contributed by atoms with E-state index in [0.29, 0.717) is 10.0 Å². The molecule has 0 amide bonds. The molecule has 4 heteroatoms. The molecule has 1 unspecified atom stereocenters. The monoisotopic (exact) mass is 344 g/mol. The van der Waals surface area contributed by atoms with Crippen molar-refractivity contribution in [3.8, 4) is 11.5 Å². The summed E-state index contributed by atoms with van der Waals surface area (Å²) in [5, 5.41) is 4.66. The van der Waals surface area contributed by atoms with Crippen LogP contribution in [0.2, 0.25) is 10.0 Å². The SMILES string of the molecule is Clc1cc2c(cc1Cl)P(c1ccccc1)c1ccccc1O2. The highest BCUT2D eigenvalue weighted by atomic mass is 35.5. The lowest BCUT2D eigenvalue weighted by atomic mass is 10.3. The average Bonchev–Trinajstić information content (AvgIpc) is 2.55. The fourth-order valence-electron chi connectivity index (χ4n) is 2.61. The highest BCUT2D eigenvalue weighted by Crippen LogP contribution is 2.46. The molecule has 1 nitrogen and oxygen atoms in total. The lowest BCUT2D eigenvalue weighted by Gasteiger charge is -2.29. The third-order valence-electron chi connectivity index (χ3n) is 3.58. The Morgan fingerprint density at radius 2 is 1.36 bits per heavy atom. The van der Waals surface area contributed by atoms with Gasteiger partial charge in [-0.05, 0) is 25.4 Å². The van der Waals surface area contributed by atoms with Crippen molar-refractivity contribution >= 4 is 47.0 Å². The van der Waals surface area contributed by atoms with E-state index in [1.807, 2.05) is 36.4 Å². The minimum atomic E-state index is -0.695. The van der Waals surface area contributed by atoms with Gasteiger partial charge in [0.15, 0.2) is 0 Å². The second-order valence-electron chi connectivity index (χ2n) is 4.97. The van der Waals surface area contributed by atoms with Crippen LogP contribution in [0.3, 0.4) is 0 Å². The third-order valence-corrected chi connectivity index (χ3v) is 6.80. The van der Waals surface area contributed by atoms with Crippen LogP contribution >= 0.6 is 31.1 Å². The molecular weight excluding hydrogens is 334 g/mol. The average molecular weight is 345 g/mol. The largest absolute Gasteiger partial charge is 0.456 e. The van der Waals surface area contributed by atoms with Crippen LogP contribution in [0, 0.1) is 0 Å². The first-order valence-corrected chi connectivity index (χ1v) is 8.95. The number of fused-ring (bicyclic) bond motifs is 2. The third kappa shape index (κ3) is 2.30. The molecule has 0 saturated carbocycles. The number of hydrogen-bond donors (Lipinski definition) is 0. The Hall–Kier alpha value is -1.53. The van der Waals surface area contributed by atoms with Gasteiger partial charge >= 0.3 is 0 Å². The molecule has 3 aromatic carbocycles. The fraction of sp³-hybridized carbons (Fsp3) is 0. The molecule has 0 spiro atoms. The highest BCUT2D eigenvalue weighted by molar-refractivity contribution is 7.80. The summed E-state index contributed by atoms with van der Waals surface area (Å²) in [5.74, 6) is 1.69. The normalized spacial score (nSPS) is 15.6. The van der Waals surface area contributed by atoms with Gasteiger partial charge in [0, 0.05) is 16.7 Å². The molecular formula is C18H11Cl2OP. The first-order valence-electron chi connectivity index (χ1n) is 6.85. The number of hydrogen-bond acceptors (Lipinski definition) is 1. The molecule has 0 saturated heterocycles. The molecule has 0 N–H and O–H groups in total. The van der Waals surface area contributed by atoms with Crippen molar-refractivity contribution < 1.29 is 4.74 Å². The van der Waals surface area contributed by atoms with Crippen LogP contribution in [0.4, 0.5) is 0 Å². The van der Waals surface area contributed by atoms with Gasteiger partial charge in [0.25, 0.3) is 0 Å². The lowest BCUT2D eigenvalue weighted by Crippen LogP contribution is -2.27. The number of benzene rings is 3. The van der Waals surface area contributed by atoms with Gasteiger partial charge in [0.2, 0.25) is 0 Å². The summed E-state index contributed by atoms with van der Waals surface area (Å²) in [7, 11) is -0.695. The molecule has 0 fully saturated rings. The van der Waals surface area contributed by atoms with Gasteiger partial charge in [0.05, 0.1) is 10.0 Å². The van der Waals surface area contributed by atoms with Crippen molar-refractivity contribution in [1.82, 2.24) is 0 Å². The molecule has 22 heavy (non-hydrogen) atoms. The van der Waals surface area contributed by atoms with E-state index in [0.717, 1.165) is 16.8 Å². The Balaban J connectivity index is 1.99. The summed E-state index contributed by atoms with van der Waals surface area (Å²) in [6, 6.07) is 22.4. The Labute approximate surface area is 140 Å². The van der Waals surface area contributed by atoms with E-state index in [4.69, 9.17) is 27.9 Å². The smallest absolute Gasteiger partial charge is 0.137 e. The molecule has 0 aromatic heterocycles. The minimum Gasteiger partial charge on any atom is -0.456 e. The van der Waals surface area contributed by atoms with Crippen molar-refractivity contribution in [1.29, 1.82) is 0 Å². The van der Waals surface area contributed by atoms with Crippen LogP contribution < -0.4 is 20.7 Å². The molecule has 0 bridgehead atoms. The van der Waals surface area contributed by atoms with Gasteiger partial charge in [-0.15, -0.1) is 0 Å². The van der Waals surface area contributed by atoms with E-state index in [-0.39, 0.29) is 0 Å². The Kier molecular flexibility index (Phi) is 3.58. The van der Waals surface area contributed by atoms with Crippen LogP contribution in [0.25, 0.3) is 0 Å². The first-order chi connectivity index (χ1) is 10.7. The van der Waals surface area contributed by atoms with E-state index >= 15 is 0 Å². The zero-order valence-corrected chi connectivity index (χ0v) is 13.9. The molecule has 108 valence electrons. The second-order valence-corrected chi connectivity index (χ2v) is 7.94. The minimum absolute atomic E-state index is 0.516. The molecule has 1 aliphatic rings. The molecule has 0 aliphatic carbocycles. The fourth-order valence-corrected chi connectivity index (χ4v) is 5.45. The van der Waals surface area contributed by atoms with E-state index in [9.17, 15) is 0 Å². The van der Waals surface area contributed by atoms with Crippen LogP contribution in [0.15, 0.2) is 66.7 Å². The second kappa shape index (κ2) is 5.59. The summed E-state index contributed by atoms with van der Waals surface area (Å²) < 4.78 is 6.04. The predicted molar refractivity (Wildman–Crippen MR) is 95.2 cm³/mol. The molecule has 1 atom stereocenters. The zero-order chi connectivity index (χ0) is 15.1.